The molecule has 116 valence electrons. The van der Waals surface area contributed by atoms with Gasteiger partial charge in [-0.15, -0.1) is 0 Å². The first-order chi connectivity index (χ1) is 9.74. The topological polar surface area (TPSA) is 101 Å². The fourth-order valence-corrected chi connectivity index (χ4v) is 1.38. The van der Waals surface area contributed by atoms with Crippen molar-refractivity contribution in [3.63, 3.8) is 0 Å². The number of rotatable bonds is 6. The molecule has 0 saturated carbocycles. The number of pyridine rings is 1. The Balaban J connectivity index is 2.82. The number of ether oxygens (including phenoxy) is 3. The predicted molar refractivity (Wildman–Crippen MR) is 73.4 cm³/mol. The van der Waals surface area contributed by atoms with Gasteiger partial charge in [0, 0.05) is 6.07 Å². The Morgan fingerprint density at radius 3 is 2.52 bits per heavy atom. The Morgan fingerprint density at radius 1 is 1.33 bits per heavy atom. The van der Waals surface area contributed by atoms with E-state index < -0.39 is 10.9 Å². The van der Waals surface area contributed by atoms with Gasteiger partial charge in [0.2, 0.25) is 0 Å². The molecule has 0 fully saturated rings. The Kier molecular flexibility index (Phi) is 5.60. The number of carbonyl (C=O) groups is 1. The van der Waals surface area contributed by atoms with E-state index in [4.69, 9.17) is 9.47 Å². The van der Waals surface area contributed by atoms with Crippen molar-refractivity contribution >= 4 is 11.7 Å². The Morgan fingerprint density at radius 2 is 2.00 bits per heavy atom. The number of nitro groups is 1. The van der Waals surface area contributed by atoms with Crippen molar-refractivity contribution in [2.75, 3.05) is 20.3 Å². The summed E-state index contributed by atoms with van der Waals surface area (Å²) in [5.74, 6) is -0.930. The van der Waals surface area contributed by atoms with E-state index in [1.54, 1.807) is 0 Å². The number of carbonyl (C=O) groups excluding carboxylic acids is 1. The second kappa shape index (κ2) is 6.98. The summed E-state index contributed by atoms with van der Waals surface area (Å²) in [5, 5.41) is 10.9. The van der Waals surface area contributed by atoms with Gasteiger partial charge in [-0.3, -0.25) is 10.1 Å². The van der Waals surface area contributed by atoms with Gasteiger partial charge >= 0.3 is 11.7 Å². The Hall–Kier alpha value is -2.22. The highest BCUT2D eigenvalue weighted by molar-refractivity contribution is 5.87. The summed E-state index contributed by atoms with van der Waals surface area (Å²) in [6.07, 6.45) is 0. The second-order valence-corrected chi connectivity index (χ2v) is 5.08. The smallest absolute Gasteiger partial charge is 0.356 e. The lowest BCUT2D eigenvalue weighted by molar-refractivity contribution is -0.386. The van der Waals surface area contributed by atoms with Crippen LogP contribution in [0.4, 0.5) is 5.69 Å². The third-order valence-corrected chi connectivity index (χ3v) is 2.29. The molecule has 8 heteroatoms. The van der Waals surface area contributed by atoms with Crippen molar-refractivity contribution in [2.45, 2.75) is 26.4 Å². The molecule has 1 heterocycles. The van der Waals surface area contributed by atoms with E-state index in [1.165, 1.54) is 13.2 Å². The van der Waals surface area contributed by atoms with Gasteiger partial charge in [0.25, 0.3) is 5.88 Å². The molecule has 0 amide bonds. The van der Waals surface area contributed by atoms with Crippen LogP contribution >= 0.6 is 0 Å². The normalized spacial score (nSPS) is 11.0. The molecule has 0 spiro atoms. The molecule has 8 nitrogen and oxygen atoms in total. The van der Waals surface area contributed by atoms with Crippen molar-refractivity contribution in [1.82, 2.24) is 4.98 Å². The quantitative estimate of drug-likeness (QED) is 0.342. The van der Waals surface area contributed by atoms with Crippen molar-refractivity contribution in [2.24, 2.45) is 0 Å². The molecule has 0 radical (unpaired) electrons. The van der Waals surface area contributed by atoms with Gasteiger partial charge < -0.3 is 14.2 Å². The summed E-state index contributed by atoms with van der Waals surface area (Å²) < 4.78 is 15.2. The number of hydrogen-bond acceptors (Lipinski definition) is 7. The molecule has 1 aromatic heterocycles. The largest absolute Gasteiger partial charge is 0.470 e. The zero-order valence-electron chi connectivity index (χ0n) is 12.4. The number of aromatic nitrogens is 1. The second-order valence-electron chi connectivity index (χ2n) is 5.08. The maximum atomic E-state index is 11.4. The standard InChI is InChI=1S/C13H18N2O6/c1-13(2,3)21-8-7-20-11-10(15(17)18)6-5-9(14-11)12(16)19-4/h5-6H,7-8H2,1-4H3. The SMILES string of the molecule is COC(=O)c1ccc([N+](=O)[O-])c(OCCOC(C)(C)C)n1. The van der Waals surface area contributed by atoms with E-state index in [0.717, 1.165) is 6.07 Å². The van der Waals surface area contributed by atoms with Crippen LogP contribution in [0.15, 0.2) is 12.1 Å². The highest BCUT2D eigenvalue weighted by atomic mass is 16.6. The highest BCUT2D eigenvalue weighted by Gasteiger charge is 2.20. The van der Waals surface area contributed by atoms with Crippen LogP contribution in [0.25, 0.3) is 0 Å². The monoisotopic (exact) mass is 298 g/mol. The summed E-state index contributed by atoms with van der Waals surface area (Å²) >= 11 is 0. The van der Waals surface area contributed by atoms with Crippen LogP contribution in [-0.4, -0.2) is 41.8 Å². The van der Waals surface area contributed by atoms with Gasteiger partial charge in [0.1, 0.15) is 6.61 Å². The molecule has 0 unspecified atom stereocenters. The third kappa shape index (κ3) is 5.35. The van der Waals surface area contributed by atoms with Crippen LogP contribution in [0.3, 0.4) is 0 Å². The maximum Gasteiger partial charge on any atom is 0.356 e. The van der Waals surface area contributed by atoms with Crippen LogP contribution in [0, 0.1) is 10.1 Å². The van der Waals surface area contributed by atoms with E-state index in [1.807, 2.05) is 20.8 Å². The van der Waals surface area contributed by atoms with Crippen LogP contribution in [-0.2, 0) is 9.47 Å². The van der Waals surface area contributed by atoms with Crippen LogP contribution in [0.5, 0.6) is 5.88 Å². The van der Waals surface area contributed by atoms with Crippen molar-refractivity contribution in [1.29, 1.82) is 0 Å². The summed E-state index contributed by atoms with van der Waals surface area (Å²) in [7, 11) is 1.20. The number of hydrogen-bond donors (Lipinski definition) is 0. The lowest BCUT2D eigenvalue weighted by Crippen LogP contribution is -2.22. The molecule has 0 atom stereocenters. The maximum absolute atomic E-state index is 11.4. The van der Waals surface area contributed by atoms with Gasteiger partial charge in [-0.2, -0.15) is 0 Å². The first kappa shape index (κ1) is 16.8. The molecule has 1 aromatic rings. The fraction of sp³-hybridized carbons (Fsp3) is 0.538. The third-order valence-electron chi connectivity index (χ3n) is 2.29. The molecule has 0 N–H and O–H groups in total. The molecular weight excluding hydrogens is 280 g/mol. The average molecular weight is 298 g/mol. The lowest BCUT2D eigenvalue weighted by atomic mass is 10.2. The molecule has 1 rings (SSSR count). The Labute approximate surface area is 122 Å². The van der Waals surface area contributed by atoms with Crippen molar-refractivity contribution < 1.29 is 23.9 Å². The summed E-state index contributed by atoms with van der Waals surface area (Å²) in [5.41, 5.74) is -0.718. The first-order valence-corrected chi connectivity index (χ1v) is 6.25. The van der Waals surface area contributed by atoms with Crippen LogP contribution in [0.2, 0.25) is 0 Å². The molecule has 0 saturated heterocycles. The predicted octanol–water partition coefficient (Wildman–Crippen LogP) is 1.97. The summed E-state index contributed by atoms with van der Waals surface area (Å²) in [6.45, 7) is 5.96. The molecule has 0 aliphatic carbocycles. The summed E-state index contributed by atoms with van der Waals surface area (Å²) in [4.78, 5) is 25.4. The first-order valence-electron chi connectivity index (χ1n) is 6.25. The molecule has 0 aromatic carbocycles. The van der Waals surface area contributed by atoms with Crippen LogP contribution in [0.1, 0.15) is 31.3 Å². The minimum Gasteiger partial charge on any atom is -0.470 e. The molecule has 0 bridgehead atoms. The van der Waals surface area contributed by atoms with E-state index in [9.17, 15) is 14.9 Å². The fourth-order valence-electron chi connectivity index (χ4n) is 1.38. The van der Waals surface area contributed by atoms with Crippen molar-refractivity contribution in [3.05, 3.63) is 27.9 Å². The average Bonchev–Trinajstić information content (AvgIpc) is 2.41. The van der Waals surface area contributed by atoms with Gasteiger partial charge in [0.15, 0.2) is 5.69 Å². The molecular formula is C13H18N2O6. The minimum absolute atomic E-state index is 0.0603. The van der Waals surface area contributed by atoms with Crippen molar-refractivity contribution in [3.8, 4) is 5.88 Å². The number of methoxy groups -OCH3 is 1. The van der Waals surface area contributed by atoms with Crippen LogP contribution < -0.4 is 4.74 Å². The minimum atomic E-state index is -0.694. The van der Waals surface area contributed by atoms with Gasteiger partial charge in [-0.25, -0.2) is 9.78 Å². The molecule has 0 aliphatic heterocycles. The zero-order valence-corrected chi connectivity index (χ0v) is 12.4. The lowest BCUT2D eigenvalue weighted by Gasteiger charge is -2.19. The van der Waals surface area contributed by atoms with E-state index >= 15 is 0 Å². The molecule has 0 aliphatic rings. The Bertz CT molecular complexity index is 524. The number of nitrogens with zero attached hydrogens (tertiary/aromatic N) is 2. The zero-order chi connectivity index (χ0) is 16.0. The van der Waals surface area contributed by atoms with E-state index in [-0.39, 0.29) is 36.1 Å². The summed E-state index contributed by atoms with van der Waals surface area (Å²) in [6, 6.07) is 2.36. The van der Waals surface area contributed by atoms with Gasteiger partial charge in [-0.05, 0) is 26.8 Å². The number of esters is 1. The van der Waals surface area contributed by atoms with E-state index in [2.05, 4.69) is 9.72 Å². The molecule has 21 heavy (non-hydrogen) atoms. The van der Waals surface area contributed by atoms with Gasteiger partial charge in [-0.1, -0.05) is 0 Å². The highest BCUT2D eigenvalue weighted by Crippen LogP contribution is 2.24. The van der Waals surface area contributed by atoms with E-state index in [0.29, 0.717) is 0 Å². The van der Waals surface area contributed by atoms with Gasteiger partial charge in [0.05, 0.1) is 24.2 Å².